The van der Waals surface area contributed by atoms with Crippen LogP contribution in [0, 0.1) is 5.92 Å². The Hall–Kier alpha value is -1.93. The van der Waals surface area contributed by atoms with Crippen LogP contribution in [-0.2, 0) is 18.4 Å². The summed E-state index contributed by atoms with van der Waals surface area (Å²) >= 11 is 7.76. The van der Waals surface area contributed by atoms with Crippen LogP contribution >= 0.6 is 23.4 Å². The van der Waals surface area contributed by atoms with Gasteiger partial charge in [-0.05, 0) is 45.2 Å². The molecule has 0 radical (unpaired) electrons. The standard InChI is InChI=1S/C20H27ClN4O3S/c1-20(2,3)28-19(26)25-10-9-14(11-25)13-29-18-23-22-17(24(18)4)12-27-16-8-6-5-7-15(16)21/h5-8,14H,9-13H2,1-4H3. The average molecular weight is 439 g/mol. The van der Waals surface area contributed by atoms with E-state index in [0.29, 0.717) is 29.8 Å². The fourth-order valence-electron chi connectivity index (χ4n) is 2.95. The van der Waals surface area contributed by atoms with E-state index < -0.39 is 5.60 Å². The van der Waals surface area contributed by atoms with Crippen LogP contribution in [0.5, 0.6) is 5.75 Å². The molecule has 7 nitrogen and oxygen atoms in total. The molecule has 158 valence electrons. The number of hydrogen-bond acceptors (Lipinski definition) is 6. The second-order valence-corrected chi connectivity index (χ2v) is 9.46. The Labute approximate surface area is 180 Å². The quantitative estimate of drug-likeness (QED) is 0.622. The summed E-state index contributed by atoms with van der Waals surface area (Å²) in [5.41, 5.74) is -0.467. The zero-order valence-electron chi connectivity index (χ0n) is 17.2. The molecule has 1 unspecified atom stereocenters. The first-order valence-electron chi connectivity index (χ1n) is 9.59. The maximum atomic E-state index is 12.2. The Bertz CT molecular complexity index is 852. The van der Waals surface area contributed by atoms with Crippen molar-refractivity contribution in [2.75, 3.05) is 18.8 Å². The van der Waals surface area contributed by atoms with Crippen LogP contribution in [-0.4, -0.2) is 50.2 Å². The van der Waals surface area contributed by atoms with Crippen LogP contribution in [0.1, 0.15) is 33.0 Å². The second-order valence-electron chi connectivity index (χ2n) is 8.07. The number of thioether (sulfide) groups is 1. The molecule has 1 aromatic carbocycles. The number of para-hydroxylation sites is 1. The number of amides is 1. The minimum Gasteiger partial charge on any atom is -0.484 e. The minimum absolute atomic E-state index is 0.234. The lowest BCUT2D eigenvalue weighted by molar-refractivity contribution is 0.0289. The van der Waals surface area contributed by atoms with E-state index in [0.717, 1.165) is 29.7 Å². The zero-order chi connectivity index (χ0) is 21.0. The Balaban J connectivity index is 1.48. The van der Waals surface area contributed by atoms with Crippen LogP contribution in [0.15, 0.2) is 29.4 Å². The third-order valence-corrected chi connectivity index (χ3v) is 6.07. The van der Waals surface area contributed by atoms with Crippen LogP contribution < -0.4 is 4.74 Å². The SMILES string of the molecule is Cn1c(COc2ccccc2Cl)nnc1SCC1CCN(C(=O)OC(C)(C)C)C1. The van der Waals surface area contributed by atoms with Crippen LogP contribution in [0.25, 0.3) is 0 Å². The van der Waals surface area contributed by atoms with Crippen molar-refractivity contribution in [2.45, 2.75) is 44.6 Å². The average Bonchev–Trinajstić information content (AvgIpc) is 3.25. The topological polar surface area (TPSA) is 69.5 Å². The summed E-state index contributed by atoms with van der Waals surface area (Å²) < 4.78 is 13.1. The number of carbonyl (C=O) groups is 1. The maximum absolute atomic E-state index is 12.2. The highest BCUT2D eigenvalue weighted by atomic mass is 35.5. The Kier molecular flexibility index (Phi) is 6.95. The highest BCUT2D eigenvalue weighted by molar-refractivity contribution is 7.99. The summed E-state index contributed by atoms with van der Waals surface area (Å²) in [4.78, 5) is 14.0. The van der Waals surface area contributed by atoms with Gasteiger partial charge in [0, 0.05) is 25.9 Å². The molecule has 9 heteroatoms. The van der Waals surface area contributed by atoms with Gasteiger partial charge in [-0.25, -0.2) is 4.79 Å². The Morgan fingerprint density at radius 3 is 2.79 bits per heavy atom. The number of carbonyl (C=O) groups excluding carboxylic acids is 1. The molecule has 29 heavy (non-hydrogen) atoms. The van der Waals surface area contributed by atoms with Gasteiger partial charge >= 0.3 is 6.09 Å². The number of halogens is 1. The van der Waals surface area contributed by atoms with Crippen molar-refractivity contribution in [1.82, 2.24) is 19.7 Å². The Morgan fingerprint density at radius 2 is 2.07 bits per heavy atom. The number of rotatable bonds is 6. The fourth-order valence-corrected chi connectivity index (χ4v) is 4.20. The van der Waals surface area contributed by atoms with Gasteiger partial charge in [0.05, 0.1) is 5.02 Å². The highest BCUT2D eigenvalue weighted by Crippen LogP contribution is 2.27. The molecule has 0 spiro atoms. The molecule has 2 heterocycles. The van der Waals surface area contributed by atoms with Crippen molar-refractivity contribution in [2.24, 2.45) is 13.0 Å². The summed E-state index contributed by atoms with van der Waals surface area (Å²) in [7, 11) is 1.93. The first-order chi connectivity index (χ1) is 13.7. The van der Waals surface area contributed by atoms with E-state index in [1.165, 1.54) is 0 Å². The number of aromatic nitrogens is 3. The number of hydrogen-bond donors (Lipinski definition) is 0. The summed E-state index contributed by atoms with van der Waals surface area (Å²) in [5.74, 6) is 2.64. The van der Waals surface area contributed by atoms with Crippen molar-refractivity contribution in [3.63, 3.8) is 0 Å². The van der Waals surface area contributed by atoms with Gasteiger partial charge in [0.2, 0.25) is 0 Å². The molecule has 1 aromatic heterocycles. The number of ether oxygens (including phenoxy) is 2. The fraction of sp³-hybridized carbons (Fsp3) is 0.550. The molecule has 0 saturated carbocycles. The zero-order valence-corrected chi connectivity index (χ0v) is 18.8. The van der Waals surface area contributed by atoms with E-state index in [1.807, 2.05) is 50.6 Å². The molecule has 0 N–H and O–H groups in total. The van der Waals surface area contributed by atoms with Gasteiger partial charge in [0.25, 0.3) is 0 Å². The van der Waals surface area contributed by atoms with Gasteiger partial charge in [-0.2, -0.15) is 0 Å². The molecule has 1 atom stereocenters. The van der Waals surface area contributed by atoms with Gasteiger partial charge in [-0.15, -0.1) is 10.2 Å². The maximum Gasteiger partial charge on any atom is 0.410 e. The van der Waals surface area contributed by atoms with Crippen molar-refractivity contribution in [1.29, 1.82) is 0 Å². The van der Waals surface area contributed by atoms with Crippen molar-refractivity contribution >= 4 is 29.5 Å². The summed E-state index contributed by atoms with van der Waals surface area (Å²) in [6.07, 6.45) is 0.731. The number of likely N-dealkylation sites (tertiary alicyclic amines) is 1. The van der Waals surface area contributed by atoms with Gasteiger partial charge in [0.15, 0.2) is 11.0 Å². The van der Waals surface area contributed by atoms with E-state index >= 15 is 0 Å². The predicted molar refractivity (Wildman–Crippen MR) is 113 cm³/mol. The van der Waals surface area contributed by atoms with E-state index in [2.05, 4.69) is 10.2 Å². The van der Waals surface area contributed by atoms with E-state index in [4.69, 9.17) is 21.1 Å². The van der Waals surface area contributed by atoms with Crippen LogP contribution in [0.3, 0.4) is 0 Å². The molecule has 1 saturated heterocycles. The third-order valence-electron chi connectivity index (χ3n) is 4.50. The van der Waals surface area contributed by atoms with Crippen molar-refractivity contribution in [3.05, 3.63) is 35.1 Å². The normalized spacial score (nSPS) is 16.9. The molecule has 0 bridgehead atoms. The summed E-state index contributed by atoms with van der Waals surface area (Å²) in [6, 6.07) is 7.35. The lowest BCUT2D eigenvalue weighted by Gasteiger charge is -2.24. The summed E-state index contributed by atoms with van der Waals surface area (Å²) in [6.45, 7) is 7.39. The van der Waals surface area contributed by atoms with Crippen molar-refractivity contribution < 1.29 is 14.3 Å². The number of benzene rings is 1. The van der Waals surface area contributed by atoms with Crippen LogP contribution in [0.4, 0.5) is 4.79 Å². The molecule has 1 fully saturated rings. The number of nitrogens with zero attached hydrogens (tertiary/aromatic N) is 4. The van der Waals surface area contributed by atoms with Crippen LogP contribution in [0.2, 0.25) is 5.02 Å². The molecule has 3 rings (SSSR count). The van der Waals surface area contributed by atoms with Gasteiger partial charge in [-0.1, -0.05) is 35.5 Å². The summed E-state index contributed by atoms with van der Waals surface area (Å²) in [5, 5.41) is 9.90. The molecule has 2 aromatic rings. The molecule has 1 aliphatic rings. The molecular formula is C20H27ClN4O3S. The smallest absolute Gasteiger partial charge is 0.410 e. The highest BCUT2D eigenvalue weighted by Gasteiger charge is 2.30. The van der Waals surface area contributed by atoms with Crippen molar-refractivity contribution in [3.8, 4) is 5.75 Å². The second kappa shape index (κ2) is 9.26. The molecule has 1 amide bonds. The Morgan fingerprint density at radius 1 is 1.31 bits per heavy atom. The first-order valence-corrected chi connectivity index (χ1v) is 11.0. The lowest BCUT2D eigenvalue weighted by Crippen LogP contribution is -2.35. The largest absolute Gasteiger partial charge is 0.484 e. The predicted octanol–water partition coefficient (Wildman–Crippen LogP) is 4.40. The van der Waals surface area contributed by atoms with Gasteiger partial charge in [-0.3, -0.25) is 0 Å². The third kappa shape index (κ3) is 6.02. The van der Waals surface area contributed by atoms with E-state index in [-0.39, 0.29) is 6.09 Å². The van der Waals surface area contributed by atoms with E-state index in [9.17, 15) is 4.79 Å². The molecular weight excluding hydrogens is 412 g/mol. The van der Waals surface area contributed by atoms with E-state index in [1.54, 1.807) is 22.7 Å². The van der Waals surface area contributed by atoms with Gasteiger partial charge < -0.3 is 18.9 Å². The molecule has 0 aliphatic carbocycles. The first kappa shape index (κ1) is 21.8. The lowest BCUT2D eigenvalue weighted by atomic mass is 10.2. The van der Waals surface area contributed by atoms with Gasteiger partial charge in [0.1, 0.15) is 18.0 Å². The molecule has 1 aliphatic heterocycles. The monoisotopic (exact) mass is 438 g/mol. The minimum atomic E-state index is -0.467.